The number of nitrogens with zero attached hydrogens (tertiary/aromatic N) is 3. The highest BCUT2D eigenvalue weighted by Gasteiger charge is 2.45. The summed E-state index contributed by atoms with van der Waals surface area (Å²) in [6.07, 6.45) is 2.54. The Balaban J connectivity index is 1.43. The molecule has 0 saturated carbocycles. The second-order valence-electron chi connectivity index (χ2n) is 8.80. The molecule has 5 rings (SSSR count). The number of para-hydroxylation sites is 2. The van der Waals surface area contributed by atoms with Gasteiger partial charge in [-0.3, -0.25) is 14.5 Å². The normalized spacial score (nSPS) is 24.4. The Bertz CT molecular complexity index is 955. The van der Waals surface area contributed by atoms with Crippen molar-refractivity contribution in [1.82, 2.24) is 9.80 Å². The van der Waals surface area contributed by atoms with E-state index in [1.54, 1.807) is 6.92 Å². The number of benzene rings is 2. The minimum Gasteiger partial charge on any atom is -0.487 e. The lowest BCUT2D eigenvalue weighted by Crippen LogP contribution is -2.52. The number of hydrogen-bond donors (Lipinski definition) is 0. The third-order valence-electron chi connectivity index (χ3n) is 6.86. The first-order valence-electron chi connectivity index (χ1n) is 11.2. The predicted molar refractivity (Wildman–Crippen MR) is 119 cm³/mol. The van der Waals surface area contributed by atoms with Crippen molar-refractivity contribution in [1.29, 1.82) is 0 Å². The van der Waals surface area contributed by atoms with Gasteiger partial charge in [-0.15, -0.1) is 0 Å². The molecule has 2 aromatic carbocycles. The van der Waals surface area contributed by atoms with E-state index in [1.165, 1.54) is 0 Å². The van der Waals surface area contributed by atoms with Crippen molar-refractivity contribution < 1.29 is 14.3 Å². The fourth-order valence-electron chi connectivity index (χ4n) is 5.25. The Hall–Kier alpha value is -2.86. The molecule has 0 aliphatic carbocycles. The molecule has 2 atom stereocenters. The van der Waals surface area contributed by atoms with Gasteiger partial charge in [0, 0.05) is 39.0 Å². The minimum atomic E-state index is -0.184. The number of fused-ring (bicyclic) bond motifs is 3. The summed E-state index contributed by atoms with van der Waals surface area (Å²) in [6.45, 7) is 4.44. The predicted octanol–water partition coefficient (Wildman–Crippen LogP) is 3.07. The Morgan fingerprint density at radius 3 is 2.48 bits per heavy atom. The zero-order valence-corrected chi connectivity index (χ0v) is 17.9. The maximum atomic E-state index is 13.9. The average Bonchev–Trinajstić information content (AvgIpc) is 3.22. The number of hydrogen-bond acceptors (Lipinski definition) is 4. The average molecular weight is 420 g/mol. The fourth-order valence-corrected chi connectivity index (χ4v) is 5.25. The molecule has 6 nitrogen and oxygen atoms in total. The molecule has 2 saturated heterocycles. The van der Waals surface area contributed by atoms with E-state index in [0.29, 0.717) is 19.0 Å². The molecule has 162 valence electrons. The van der Waals surface area contributed by atoms with Crippen molar-refractivity contribution in [2.24, 2.45) is 0 Å². The van der Waals surface area contributed by atoms with Crippen molar-refractivity contribution in [2.75, 3.05) is 24.5 Å². The quantitative estimate of drug-likeness (QED) is 0.767. The van der Waals surface area contributed by atoms with Gasteiger partial charge in [-0.05, 0) is 30.5 Å². The lowest BCUT2D eigenvalue weighted by molar-refractivity contribution is -0.131. The molecule has 2 amide bonds. The largest absolute Gasteiger partial charge is 0.487 e. The van der Waals surface area contributed by atoms with Gasteiger partial charge in [-0.1, -0.05) is 42.5 Å². The lowest BCUT2D eigenvalue weighted by atomic mass is 10.0. The van der Waals surface area contributed by atoms with E-state index >= 15 is 0 Å². The molecule has 2 bridgehead atoms. The van der Waals surface area contributed by atoms with E-state index in [0.717, 1.165) is 49.5 Å². The van der Waals surface area contributed by atoms with Crippen LogP contribution in [0, 0.1) is 0 Å². The van der Waals surface area contributed by atoms with Crippen LogP contribution in [0.5, 0.6) is 5.75 Å². The molecule has 2 unspecified atom stereocenters. The molecule has 31 heavy (non-hydrogen) atoms. The van der Waals surface area contributed by atoms with Gasteiger partial charge in [-0.2, -0.15) is 0 Å². The number of carbonyl (C=O) groups is 2. The van der Waals surface area contributed by atoms with Crippen LogP contribution < -0.4 is 9.64 Å². The standard InChI is InChI=1S/C25H29N3O3/c1-18(29)26-13-11-20(12-14-26)27-17-21-15-23(27)25(30)28(16-19-7-3-2-4-8-19)22-9-5-6-10-24(22)31-21/h2-10,20-21,23H,11-17H2,1H3. The maximum absolute atomic E-state index is 13.9. The van der Waals surface area contributed by atoms with Crippen LogP contribution in [0.1, 0.15) is 31.7 Å². The van der Waals surface area contributed by atoms with Crippen LogP contribution in [-0.2, 0) is 16.1 Å². The van der Waals surface area contributed by atoms with Crippen LogP contribution in [0.4, 0.5) is 5.69 Å². The van der Waals surface area contributed by atoms with Crippen molar-refractivity contribution in [2.45, 2.75) is 50.9 Å². The molecule has 3 aliphatic heterocycles. The topological polar surface area (TPSA) is 53.1 Å². The number of ether oxygens (including phenoxy) is 1. The van der Waals surface area contributed by atoms with E-state index in [9.17, 15) is 9.59 Å². The summed E-state index contributed by atoms with van der Waals surface area (Å²) in [5.74, 6) is 1.07. The van der Waals surface area contributed by atoms with Gasteiger partial charge in [0.25, 0.3) is 0 Å². The molecular weight excluding hydrogens is 390 g/mol. The van der Waals surface area contributed by atoms with Gasteiger partial charge in [0.05, 0.1) is 18.3 Å². The molecule has 2 fully saturated rings. The number of anilines is 1. The molecule has 0 spiro atoms. The van der Waals surface area contributed by atoms with Gasteiger partial charge in [0.1, 0.15) is 11.9 Å². The highest BCUT2D eigenvalue weighted by atomic mass is 16.5. The second-order valence-corrected chi connectivity index (χ2v) is 8.80. The summed E-state index contributed by atoms with van der Waals surface area (Å²) in [7, 11) is 0. The van der Waals surface area contributed by atoms with Gasteiger partial charge in [-0.25, -0.2) is 0 Å². The molecule has 2 aromatic rings. The molecule has 3 aliphatic rings. The SMILES string of the molecule is CC(=O)N1CCC(N2CC3CC2C(=O)N(Cc2ccccc2)c2ccccc2O3)CC1. The van der Waals surface area contributed by atoms with Crippen molar-refractivity contribution in [3.8, 4) is 5.75 Å². The van der Waals surface area contributed by atoms with E-state index in [4.69, 9.17) is 4.74 Å². The van der Waals surface area contributed by atoms with Gasteiger partial charge >= 0.3 is 0 Å². The highest BCUT2D eigenvalue weighted by molar-refractivity contribution is 5.99. The number of piperidine rings is 1. The van der Waals surface area contributed by atoms with E-state index in [1.807, 2.05) is 52.3 Å². The van der Waals surface area contributed by atoms with Crippen molar-refractivity contribution >= 4 is 17.5 Å². The van der Waals surface area contributed by atoms with Gasteiger partial charge in [0.15, 0.2) is 0 Å². The number of amides is 2. The number of rotatable bonds is 3. The molecule has 0 radical (unpaired) electrons. The van der Waals surface area contributed by atoms with Crippen LogP contribution in [0.3, 0.4) is 0 Å². The second kappa shape index (κ2) is 8.35. The van der Waals surface area contributed by atoms with E-state index in [-0.39, 0.29) is 24.0 Å². The summed E-state index contributed by atoms with van der Waals surface area (Å²) >= 11 is 0. The first-order valence-corrected chi connectivity index (χ1v) is 11.2. The maximum Gasteiger partial charge on any atom is 0.244 e. The first kappa shape index (κ1) is 20.1. The smallest absolute Gasteiger partial charge is 0.244 e. The summed E-state index contributed by atoms with van der Waals surface area (Å²) in [5, 5.41) is 0. The zero-order chi connectivity index (χ0) is 21.4. The monoisotopic (exact) mass is 419 g/mol. The summed E-state index contributed by atoms with van der Waals surface area (Å²) in [4.78, 5) is 31.8. The molecule has 0 aromatic heterocycles. The van der Waals surface area contributed by atoms with E-state index < -0.39 is 0 Å². The number of likely N-dealkylation sites (tertiary alicyclic amines) is 2. The Morgan fingerprint density at radius 1 is 1.03 bits per heavy atom. The lowest BCUT2D eigenvalue weighted by Gasteiger charge is -2.39. The molecule has 3 heterocycles. The third-order valence-corrected chi connectivity index (χ3v) is 6.86. The Kier molecular flexibility index (Phi) is 5.40. The Morgan fingerprint density at radius 2 is 1.74 bits per heavy atom. The molecule has 0 N–H and O–H groups in total. The fraction of sp³-hybridized carbons (Fsp3) is 0.440. The van der Waals surface area contributed by atoms with Crippen LogP contribution in [0.15, 0.2) is 54.6 Å². The van der Waals surface area contributed by atoms with Crippen LogP contribution >= 0.6 is 0 Å². The summed E-state index contributed by atoms with van der Waals surface area (Å²) in [5.41, 5.74) is 1.95. The van der Waals surface area contributed by atoms with Crippen LogP contribution in [-0.4, -0.2) is 59.4 Å². The Labute approximate surface area is 183 Å². The van der Waals surface area contributed by atoms with Crippen LogP contribution in [0.25, 0.3) is 0 Å². The zero-order valence-electron chi connectivity index (χ0n) is 17.9. The first-order chi connectivity index (χ1) is 15.1. The van der Waals surface area contributed by atoms with Crippen LogP contribution in [0.2, 0.25) is 0 Å². The van der Waals surface area contributed by atoms with E-state index in [2.05, 4.69) is 17.0 Å². The highest BCUT2D eigenvalue weighted by Crippen LogP contribution is 2.38. The van der Waals surface area contributed by atoms with Gasteiger partial charge in [0.2, 0.25) is 11.8 Å². The summed E-state index contributed by atoms with van der Waals surface area (Å²) in [6, 6.07) is 18.1. The van der Waals surface area contributed by atoms with Crippen molar-refractivity contribution in [3.05, 3.63) is 60.2 Å². The molecule has 6 heteroatoms. The molecular formula is C25H29N3O3. The van der Waals surface area contributed by atoms with Gasteiger partial charge < -0.3 is 14.5 Å². The van der Waals surface area contributed by atoms with Crippen molar-refractivity contribution in [3.63, 3.8) is 0 Å². The minimum absolute atomic E-state index is 0.0137. The number of carbonyl (C=O) groups excluding carboxylic acids is 2. The summed E-state index contributed by atoms with van der Waals surface area (Å²) < 4.78 is 6.42. The third kappa shape index (κ3) is 3.92.